The lowest BCUT2D eigenvalue weighted by atomic mass is 10.2. The predicted octanol–water partition coefficient (Wildman–Crippen LogP) is 3.29. The zero-order valence-corrected chi connectivity index (χ0v) is 13.6. The minimum Gasteiger partial charge on any atom is -0.495 e. The second-order valence-electron chi connectivity index (χ2n) is 6.36. The third kappa shape index (κ3) is 2.98. The predicted molar refractivity (Wildman–Crippen MR) is 93.6 cm³/mol. The highest BCUT2D eigenvalue weighted by Crippen LogP contribution is 2.40. The second-order valence-corrected chi connectivity index (χ2v) is 6.36. The number of methoxy groups -OCH3 is 1. The lowest BCUT2D eigenvalue weighted by Gasteiger charge is -2.37. The molecular weight excluding hydrogens is 286 g/mol. The lowest BCUT2D eigenvalue weighted by Crippen LogP contribution is -2.46. The standard InChI is InChI=1S/C19H23N3O/c1-23-19-5-3-2-4-18(19)22-12-10-21(11-13-22)16-8-9-20-17(14-16)15-6-7-15/h2-5,8-9,14-15H,6-7,10-13H2,1H3. The molecule has 0 unspecified atom stereocenters. The Morgan fingerprint density at radius 1 is 1.00 bits per heavy atom. The van der Waals surface area contributed by atoms with Crippen LogP contribution in [0.5, 0.6) is 5.75 Å². The minimum absolute atomic E-state index is 0.713. The van der Waals surface area contributed by atoms with E-state index in [9.17, 15) is 0 Å². The third-order valence-electron chi connectivity index (χ3n) is 4.83. The van der Waals surface area contributed by atoms with Crippen LogP contribution in [-0.2, 0) is 0 Å². The Morgan fingerprint density at radius 3 is 2.48 bits per heavy atom. The first-order chi connectivity index (χ1) is 11.3. The molecule has 0 bridgehead atoms. The highest BCUT2D eigenvalue weighted by molar-refractivity contribution is 5.60. The highest BCUT2D eigenvalue weighted by Gasteiger charge is 2.26. The molecule has 0 radical (unpaired) electrons. The summed E-state index contributed by atoms with van der Waals surface area (Å²) in [4.78, 5) is 9.41. The molecule has 1 aromatic carbocycles. The molecule has 1 aromatic heterocycles. The van der Waals surface area contributed by atoms with E-state index < -0.39 is 0 Å². The molecule has 1 aliphatic heterocycles. The molecule has 0 amide bonds. The SMILES string of the molecule is COc1ccccc1N1CCN(c2ccnc(C3CC3)c2)CC1. The minimum atomic E-state index is 0.713. The summed E-state index contributed by atoms with van der Waals surface area (Å²) in [7, 11) is 1.74. The molecule has 2 fully saturated rings. The van der Waals surface area contributed by atoms with Crippen LogP contribution in [0.3, 0.4) is 0 Å². The molecule has 120 valence electrons. The molecular formula is C19H23N3O. The summed E-state index contributed by atoms with van der Waals surface area (Å²) >= 11 is 0. The van der Waals surface area contributed by atoms with Crippen LogP contribution in [0.15, 0.2) is 42.6 Å². The quantitative estimate of drug-likeness (QED) is 0.866. The molecule has 2 heterocycles. The van der Waals surface area contributed by atoms with Gasteiger partial charge in [-0.1, -0.05) is 12.1 Å². The fourth-order valence-electron chi connectivity index (χ4n) is 3.33. The van der Waals surface area contributed by atoms with Crippen molar-refractivity contribution in [2.75, 3.05) is 43.1 Å². The van der Waals surface area contributed by atoms with Gasteiger partial charge in [0, 0.05) is 49.7 Å². The molecule has 4 heteroatoms. The van der Waals surface area contributed by atoms with Crippen LogP contribution in [0.1, 0.15) is 24.5 Å². The first-order valence-electron chi connectivity index (χ1n) is 8.44. The zero-order valence-electron chi connectivity index (χ0n) is 13.6. The Hall–Kier alpha value is -2.23. The maximum atomic E-state index is 5.50. The number of anilines is 2. The summed E-state index contributed by atoms with van der Waals surface area (Å²) < 4.78 is 5.50. The molecule has 1 saturated carbocycles. The fourth-order valence-corrected chi connectivity index (χ4v) is 3.33. The maximum Gasteiger partial charge on any atom is 0.142 e. The van der Waals surface area contributed by atoms with Gasteiger partial charge in [-0.15, -0.1) is 0 Å². The molecule has 4 rings (SSSR count). The van der Waals surface area contributed by atoms with E-state index in [1.54, 1.807) is 7.11 Å². The van der Waals surface area contributed by atoms with Crippen LogP contribution < -0.4 is 14.5 Å². The van der Waals surface area contributed by atoms with Crippen LogP contribution in [0.25, 0.3) is 0 Å². The van der Waals surface area contributed by atoms with Crippen molar-refractivity contribution in [3.05, 3.63) is 48.3 Å². The number of benzene rings is 1. The van der Waals surface area contributed by atoms with Crippen molar-refractivity contribution in [3.63, 3.8) is 0 Å². The van der Waals surface area contributed by atoms with Gasteiger partial charge in [0.25, 0.3) is 0 Å². The number of hydrogen-bond acceptors (Lipinski definition) is 4. The average molecular weight is 309 g/mol. The summed E-state index contributed by atoms with van der Waals surface area (Å²) in [6.07, 6.45) is 4.58. The van der Waals surface area contributed by atoms with Gasteiger partial charge in [0.1, 0.15) is 5.75 Å². The summed E-state index contributed by atoms with van der Waals surface area (Å²) in [5, 5.41) is 0. The molecule has 0 N–H and O–H groups in total. The largest absolute Gasteiger partial charge is 0.495 e. The van der Waals surface area contributed by atoms with Crippen molar-refractivity contribution in [2.24, 2.45) is 0 Å². The normalized spacial score (nSPS) is 18.1. The molecule has 4 nitrogen and oxygen atoms in total. The van der Waals surface area contributed by atoms with E-state index in [2.05, 4.69) is 39.0 Å². The number of ether oxygens (including phenoxy) is 1. The van der Waals surface area contributed by atoms with Crippen molar-refractivity contribution in [1.82, 2.24) is 4.98 Å². The fraction of sp³-hybridized carbons (Fsp3) is 0.421. The van der Waals surface area contributed by atoms with Crippen LogP contribution in [0.2, 0.25) is 0 Å². The summed E-state index contributed by atoms with van der Waals surface area (Å²) in [5.74, 6) is 1.67. The number of piperazine rings is 1. The number of para-hydroxylation sites is 2. The van der Waals surface area contributed by atoms with E-state index in [0.29, 0.717) is 5.92 Å². The van der Waals surface area contributed by atoms with Crippen molar-refractivity contribution < 1.29 is 4.74 Å². The van der Waals surface area contributed by atoms with E-state index in [-0.39, 0.29) is 0 Å². The number of nitrogens with zero attached hydrogens (tertiary/aromatic N) is 3. The van der Waals surface area contributed by atoms with Gasteiger partial charge in [-0.05, 0) is 37.1 Å². The highest BCUT2D eigenvalue weighted by atomic mass is 16.5. The topological polar surface area (TPSA) is 28.6 Å². The Bertz CT molecular complexity index is 676. The molecule has 2 aromatic rings. The van der Waals surface area contributed by atoms with Crippen LogP contribution in [-0.4, -0.2) is 38.3 Å². The molecule has 2 aliphatic rings. The van der Waals surface area contributed by atoms with Gasteiger partial charge in [0.05, 0.1) is 12.8 Å². The summed E-state index contributed by atoms with van der Waals surface area (Å²) in [5.41, 5.74) is 3.79. The van der Waals surface area contributed by atoms with E-state index in [1.165, 1.54) is 29.9 Å². The molecule has 23 heavy (non-hydrogen) atoms. The Kier molecular flexibility index (Phi) is 3.82. The summed E-state index contributed by atoms with van der Waals surface area (Å²) in [6, 6.07) is 12.7. The Balaban J connectivity index is 1.45. The van der Waals surface area contributed by atoms with E-state index in [1.807, 2.05) is 18.3 Å². The van der Waals surface area contributed by atoms with Gasteiger partial charge >= 0.3 is 0 Å². The zero-order chi connectivity index (χ0) is 15.6. The van der Waals surface area contributed by atoms with Crippen molar-refractivity contribution in [2.45, 2.75) is 18.8 Å². The van der Waals surface area contributed by atoms with Crippen molar-refractivity contribution in [1.29, 1.82) is 0 Å². The third-order valence-corrected chi connectivity index (χ3v) is 4.83. The number of rotatable bonds is 4. The first-order valence-corrected chi connectivity index (χ1v) is 8.44. The van der Waals surface area contributed by atoms with Gasteiger partial charge in [0.15, 0.2) is 0 Å². The number of hydrogen-bond donors (Lipinski definition) is 0. The smallest absolute Gasteiger partial charge is 0.142 e. The van der Waals surface area contributed by atoms with Gasteiger partial charge in [-0.25, -0.2) is 0 Å². The van der Waals surface area contributed by atoms with Gasteiger partial charge < -0.3 is 14.5 Å². The van der Waals surface area contributed by atoms with Gasteiger partial charge in [0.2, 0.25) is 0 Å². The van der Waals surface area contributed by atoms with Crippen LogP contribution in [0, 0.1) is 0 Å². The van der Waals surface area contributed by atoms with Crippen LogP contribution in [0.4, 0.5) is 11.4 Å². The summed E-state index contributed by atoms with van der Waals surface area (Å²) in [6.45, 7) is 4.10. The van der Waals surface area contributed by atoms with Gasteiger partial charge in [-0.3, -0.25) is 4.98 Å². The lowest BCUT2D eigenvalue weighted by molar-refractivity contribution is 0.413. The van der Waals surface area contributed by atoms with Gasteiger partial charge in [-0.2, -0.15) is 0 Å². The van der Waals surface area contributed by atoms with Crippen LogP contribution >= 0.6 is 0 Å². The Labute approximate surface area is 137 Å². The second kappa shape index (κ2) is 6.11. The molecule has 0 atom stereocenters. The molecule has 1 aliphatic carbocycles. The Morgan fingerprint density at radius 2 is 1.74 bits per heavy atom. The molecule has 0 spiro atoms. The molecule has 1 saturated heterocycles. The van der Waals surface area contributed by atoms with E-state index in [0.717, 1.165) is 31.9 Å². The van der Waals surface area contributed by atoms with Crippen molar-refractivity contribution in [3.8, 4) is 5.75 Å². The van der Waals surface area contributed by atoms with Crippen molar-refractivity contribution >= 4 is 11.4 Å². The number of pyridine rings is 1. The monoisotopic (exact) mass is 309 g/mol. The maximum absolute atomic E-state index is 5.50. The first kappa shape index (κ1) is 14.4. The van der Waals surface area contributed by atoms with E-state index in [4.69, 9.17) is 4.74 Å². The average Bonchev–Trinajstić information content (AvgIpc) is 3.47. The van der Waals surface area contributed by atoms with E-state index >= 15 is 0 Å². The number of aromatic nitrogens is 1.